The topological polar surface area (TPSA) is 55.1 Å². The van der Waals surface area contributed by atoms with Gasteiger partial charge in [0.1, 0.15) is 6.67 Å². The summed E-state index contributed by atoms with van der Waals surface area (Å²) in [5.74, 6) is -1.04. The predicted octanol–water partition coefficient (Wildman–Crippen LogP) is 2.84. The van der Waals surface area contributed by atoms with Crippen molar-refractivity contribution in [2.24, 2.45) is 0 Å². The van der Waals surface area contributed by atoms with Gasteiger partial charge in [-0.25, -0.2) is 9.37 Å². The van der Waals surface area contributed by atoms with Crippen molar-refractivity contribution in [3.8, 4) is 0 Å². The van der Waals surface area contributed by atoms with E-state index in [0.717, 1.165) is 17.3 Å². The van der Waals surface area contributed by atoms with Crippen LogP contribution in [0, 0.1) is 0 Å². The van der Waals surface area contributed by atoms with E-state index in [0.29, 0.717) is 15.7 Å². The lowest BCUT2D eigenvalue weighted by Crippen LogP contribution is -2.04. The van der Waals surface area contributed by atoms with Crippen LogP contribution in [0.2, 0.25) is 5.02 Å². The lowest BCUT2D eigenvalue weighted by molar-refractivity contribution is -0.133. The third-order valence-corrected chi connectivity index (χ3v) is 3.50. The maximum Gasteiger partial charge on any atom is 0.313 e. The number of carboxylic acid groups (broad SMARTS) is 1. The SMILES string of the molecule is O=C(O)CSc1nc2cc(Cl)ccc2n1CCF. The Morgan fingerprint density at radius 1 is 1.56 bits per heavy atom. The number of benzene rings is 1. The van der Waals surface area contributed by atoms with E-state index in [-0.39, 0.29) is 12.3 Å². The Bertz CT molecular complexity index is 588. The van der Waals surface area contributed by atoms with Crippen molar-refractivity contribution in [2.75, 3.05) is 12.4 Å². The maximum atomic E-state index is 12.5. The predicted molar refractivity (Wildman–Crippen MR) is 69.1 cm³/mol. The van der Waals surface area contributed by atoms with E-state index in [9.17, 15) is 9.18 Å². The first-order valence-electron chi connectivity index (χ1n) is 5.18. The van der Waals surface area contributed by atoms with Crippen molar-refractivity contribution in [1.29, 1.82) is 0 Å². The lowest BCUT2D eigenvalue weighted by Gasteiger charge is -2.04. The summed E-state index contributed by atoms with van der Waals surface area (Å²) in [4.78, 5) is 14.8. The minimum Gasteiger partial charge on any atom is -0.481 e. The van der Waals surface area contributed by atoms with Crippen LogP contribution in [0.3, 0.4) is 0 Å². The van der Waals surface area contributed by atoms with Gasteiger partial charge in [0.05, 0.1) is 23.3 Å². The summed E-state index contributed by atoms with van der Waals surface area (Å²) in [7, 11) is 0. The van der Waals surface area contributed by atoms with E-state index in [4.69, 9.17) is 16.7 Å². The number of hydrogen-bond acceptors (Lipinski definition) is 3. The Labute approximate surface area is 112 Å². The van der Waals surface area contributed by atoms with Gasteiger partial charge in [-0.05, 0) is 18.2 Å². The Hall–Kier alpha value is -1.27. The van der Waals surface area contributed by atoms with Gasteiger partial charge < -0.3 is 9.67 Å². The van der Waals surface area contributed by atoms with Crippen molar-refractivity contribution in [3.05, 3.63) is 23.2 Å². The van der Waals surface area contributed by atoms with E-state index in [1.807, 2.05) is 0 Å². The Morgan fingerprint density at radius 2 is 2.33 bits per heavy atom. The minimum atomic E-state index is -0.933. The summed E-state index contributed by atoms with van der Waals surface area (Å²) in [5.41, 5.74) is 1.40. The van der Waals surface area contributed by atoms with E-state index >= 15 is 0 Å². The lowest BCUT2D eigenvalue weighted by atomic mass is 10.3. The van der Waals surface area contributed by atoms with Crippen molar-refractivity contribution >= 4 is 40.4 Å². The van der Waals surface area contributed by atoms with Crippen LogP contribution in [0.25, 0.3) is 11.0 Å². The molecule has 0 amide bonds. The summed E-state index contributed by atoms with van der Waals surface area (Å²) in [6.07, 6.45) is 0. The highest BCUT2D eigenvalue weighted by Gasteiger charge is 2.12. The first kappa shape index (κ1) is 13.2. The molecule has 2 aromatic rings. The standard InChI is InChI=1S/C11H10ClFN2O2S/c12-7-1-2-9-8(5-7)14-11(15(9)4-3-13)18-6-10(16)17/h1-2,5H,3-4,6H2,(H,16,17). The molecule has 0 saturated heterocycles. The van der Waals surface area contributed by atoms with Gasteiger partial charge in [-0.2, -0.15) is 0 Å². The number of nitrogens with zero attached hydrogens (tertiary/aromatic N) is 2. The van der Waals surface area contributed by atoms with Crippen molar-refractivity contribution in [3.63, 3.8) is 0 Å². The van der Waals surface area contributed by atoms with Crippen LogP contribution < -0.4 is 0 Å². The van der Waals surface area contributed by atoms with E-state index < -0.39 is 12.6 Å². The molecule has 0 bridgehead atoms. The van der Waals surface area contributed by atoms with Crippen molar-refractivity contribution < 1.29 is 14.3 Å². The number of alkyl halides is 1. The van der Waals surface area contributed by atoms with Gasteiger partial charge in [-0.15, -0.1) is 0 Å². The number of carboxylic acids is 1. The van der Waals surface area contributed by atoms with Crippen LogP contribution in [-0.4, -0.2) is 33.1 Å². The second-order valence-electron chi connectivity index (χ2n) is 3.55. The smallest absolute Gasteiger partial charge is 0.313 e. The minimum absolute atomic E-state index is 0.108. The summed E-state index contributed by atoms with van der Waals surface area (Å²) < 4.78 is 14.2. The van der Waals surface area contributed by atoms with Crippen LogP contribution in [0.5, 0.6) is 0 Å². The average Bonchev–Trinajstić information content (AvgIpc) is 2.64. The molecule has 1 aromatic carbocycles. The van der Waals surface area contributed by atoms with E-state index in [2.05, 4.69) is 4.98 Å². The fourth-order valence-corrected chi connectivity index (χ4v) is 2.55. The van der Waals surface area contributed by atoms with Gasteiger partial charge in [0, 0.05) is 5.02 Å². The maximum absolute atomic E-state index is 12.5. The number of halogens is 2. The van der Waals surface area contributed by atoms with Crippen LogP contribution in [-0.2, 0) is 11.3 Å². The number of thioether (sulfide) groups is 1. The summed E-state index contributed by atoms with van der Waals surface area (Å²) in [6.45, 7) is -0.380. The van der Waals surface area contributed by atoms with Gasteiger partial charge in [0.2, 0.25) is 0 Å². The third-order valence-electron chi connectivity index (χ3n) is 2.31. The number of aromatic nitrogens is 2. The average molecular weight is 289 g/mol. The molecule has 0 unspecified atom stereocenters. The second kappa shape index (κ2) is 5.58. The molecule has 0 atom stereocenters. The van der Waals surface area contributed by atoms with Gasteiger partial charge in [-0.3, -0.25) is 4.79 Å². The molecule has 0 fully saturated rings. The first-order chi connectivity index (χ1) is 8.61. The van der Waals surface area contributed by atoms with Gasteiger partial charge in [-0.1, -0.05) is 23.4 Å². The van der Waals surface area contributed by atoms with Crippen LogP contribution in [0.15, 0.2) is 23.4 Å². The molecule has 96 valence electrons. The number of hydrogen-bond donors (Lipinski definition) is 1. The molecule has 0 aliphatic carbocycles. The Morgan fingerprint density at radius 3 is 3.00 bits per heavy atom. The van der Waals surface area contributed by atoms with Crippen LogP contribution >= 0.6 is 23.4 Å². The number of fused-ring (bicyclic) bond motifs is 1. The van der Waals surface area contributed by atoms with Crippen molar-refractivity contribution in [1.82, 2.24) is 9.55 Å². The van der Waals surface area contributed by atoms with E-state index in [1.54, 1.807) is 22.8 Å². The zero-order valence-electron chi connectivity index (χ0n) is 9.27. The largest absolute Gasteiger partial charge is 0.481 e. The zero-order valence-corrected chi connectivity index (χ0v) is 10.8. The third kappa shape index (κ3) is 2.76. The van der Waals surface area contributed by atoms with E-state index in [1.165, 1.54) is 0 Å². The molecule has 1 heterocycles. The van der Waals surface area contributed by atoms with Crippen LogP contribution in [0.4, 0.5) is 4.39 Å². The molecule has 7 heteroatoms. The van der Waals surface area contributed by atoms with Crippen LogP contribution in [0.1, 0.15) is 0 Å². The molecule has 1 N–H and O–H groups in total. The normalized spacial score (nSPS) is 11.0. The molecule has 18 heavy (non-hydrogen) atoms. The number of carbonyl (C=O) groups is 1. The van der Waals surface area contributed by atoms with Gasteiger partial charge in [0.25, 0.3) is 0 Å². The highest BCUT2D eigenvalue weighted by molar-refractivity contribution is 7.99. The Balaban J connectivity index is 2.43. The highest BCUT2D eigenvalue weighted by Crippen LogP contribution is 2.26. The molecule has 0 saturated carbocycles. The molecule has 0 spiro atoms. The Kier molecular flexibility index (Phi) is 4.08. The fourth-order valence-electron chi connectivity index (χ4n) is 1.62. The molecule has 1 aromatic heterocycles. The molecule has 0 aliphatic rings. The van der Waals surface area contributed by atoms with Gasteiger partial charge in [0.15, 0.2) is 5.16 Å². The fraction of sp³-hybridized carbons (Fsp3) is 0.273. The molecular formula is C11H10ClFN2O2S. The molecule has 0 aliphatic heterocycles. The summed E-state index contributed by atoms with van der Waals surface area (Å²) in [5, 5.41) is 9.70. The molecule has 0 radical (unpaired) electrons. The second-order valence-corrected chi connectivity index (χ2v) is 4.93. The quantitative estimate of drug-likeness (QED) is 0.860. The van der Waals surface area contributed by atoms with Gasteiger partial charge >= 0.3 is 5.97 Å². The number of rotatable bonds is 5. The number of imidazole rings is 1. The number of aryl methyl sites for hydroxylation is 1. The summed E-state index contributed by atoms with van der Waals surface area (Å²) in [6, 6.07) is 5.13. The molecule has 4 nitrogen and oxygen atoms in total. The zero-order chi connectivity index (χ0) is 13.1. The first-order valence-corrected chi connectivity index (χ1v) is 6.54. The summed E-state index contributed by atoms with van der Waals surface area (Å²) >= 11 is 6.93. The molecule has 2 rings (SSSR count). The molecular weight excluding hydrogens is 279 g/mol. The number of aliphatic carboxylic acids is 1. The van der Waals surface area contributed by atoms with Crippen molar-refractivity contribution in [2.45, 2.75) is 11.7 Å². The monoisotopic (exact) mass is 288 g/mol. The highest BCUT2D eigenvalue weighted by atomic mass is 35.5.